The van der Waals surface area contributed by atoms with Gasteiger partial charge in [-0.25, -0.2) is 4.79 Å². The summed E-state index contributed by atoms with van der Waals surface area (Å²) in [5.74, 6) is -0.852. The molecule has 28 heavy (non-hydrogen) atoms. The highest BCUT2D eigenvalue weighted by Gasteiger charge is 2.21. The number of esters is 1. The number of nitrogens with one attached hydrogen (secondary N) is 1. The molecule has 1 heterocycles. The lowest BCUT2D eigenvalue weighted by atomic mass is 10.0. The van der Waals surface area contributed by atoms with E-state index >= 15 is 0 Å². The number of alkyl halides is 2. The number of aromatic amines is 1. The van der Waals surface area contributed by atoms with Gasteiger partial charge < -0.3 is 19.2 Å². The lowest BCUT2D eigenvalue weighted by Gasteiger charge is -2.10. The van der Waals surface area contributed by atoms with Crippen LogP contribution in [0.3, 0.4) is 0 Å². The molecule has 0 unspecified atom stereocenters. The number of methoxy groups -OCH3 is 1. The van der Waals surface area contributed by atoms with Gasteiger partial charge in [0.1, 0.15) is 5.69 Å². The van der Waals surface area contributed by atoms with E-state index in [2.05, 4.69) is 9.72 Å². The predicted molar refractivity (Wildman–Crippen MR) is 99.2 cm³/mol. The Kier molecular flexibility index (Phi) is 6.92. The second-order valence-corrected chi connectivity index (χ2v) is 5.83. The standard InChI is InChI=1S/C20H21F2NO5/c1-5-27-19(25)18-11(2)17(12(3)23-18)14(24)8-6-13-7-9-15(26-4)16(10-13)28-20(21)22/h6-10,20,23H,5H2,1-4H3/b8-6+. The van der Waals surface area contributed by atoms with Gasteiger partial charge in [0, 0.05) is 11.3 Å². The Morgan fingerprint density at radius 2 is 1.93 bits per heavy atom. The largest absolute Gasteiger partial charge is 0.493 e. The van der Waals surface area contributed by atoms with E-state index in [4.69, 9.17) is 9.47 Å². The molecule has 0 bridgehead atoms. The maximum Gasteiger partial charge on any atom is 0.387 e. The van der Waals surface area contributed by atoms with Gasteiger partial charge in [0.15, 0.2) is 17.3 Å². The number of carbonyl (C=O) groups is 2. The highest BCUT2D eigenvalue weighted by atomic mass is 19.3. The van der Waals surface area contributed by atoms with E-state index < -0.39 is 12.6 Å². The van der Waals surface area contributed by atoms with Crippen molar-refractivity contribution in [3.8, 4) is 11.5 Å². The number of aromatic nitrogens is 1. The van der Waals surface area contributed by atoms with E-state index in [0.717, 1.165) is 0 Å². The van der Waals surface area contributed by atoms with Crippen molar-refractivity contribution in [2.45, 2.75) is 27.4 Å². The van der Waals surface area contributed by atoms with Crippen LogP contribution < -0.4 is 9.47 Å². The van der Waals surface area contributed by atoms with E-state index in [1.807, 2.05) is 0 Å². The summed E-state index contributed by atoms with van der Waals surface area (Å²) >= 11 is 0. The molecule has 0 spiro atoms. The molecule has 150 valence electrons. The summed E-state index contributed by atoms with van der Waals surface area (Å²) in [5, 5.41) is 0. The van der Waals surface area contributed by atoms with Crippen LogP contribution >= 0.6 is 0 Å². The maximum atomic E-state index is 12.6. The summed E-state index contributed by atoms with van der Waals surface area (Å²) < 4.78 is 39.4. The number of H-pyrrole nitrogens is 1. The molecule has 1 aromatic carbocycles. The predicted octanol–water partition coefficient (Wildman–Crippen LogP) is 4.31. The van der Waals surface area contributed by atoms with Gasteiger partial charge in [-0.2, -0.15) is 8.78 Å². The van der Waals surface area contributed by atoms with Crippen molar-refractivity contribution >= 4 is 17.8 Å². The quantitative estimate of drug-likeness (QED) is 0.411. The first-order chi connectivity index (χ1) is 13.3. The van der Waals surface area contributed by atoms with Gasteiger partial charge in [-0.05, 0) is 50.1 Å². The normalized spacial score (nSPS) is 11.1. The van der Waals surface area contributed by atoms with Gasteiger partial charge in [0.25, 0.3) is 0 Å². The molecule has 0 aliphatic carbocycles. The minimum Gasteiger partial charge on any atom is -0.493 e. The first-order valence-corrected chi connectivity index (χ1v) is 8.50. The third-order valence-electron chi connectivity index (χ3n) is 3.99. The SMILES string of the molecule is CCOC(=O)c1[nH]c(C)c(C(=O)/C=C/c2ccc(OC)c(OC(F)F)c2)c1C. The number of hydrogen-bond donors (Lipinski definition) is 1. The van der Waals surface area contributed by atoms with Crippen LogP contribution in [0.4, 0.5) is 8.78 Å². The van der Waals surface area contributed by atoms with E-state index in [0.29, 0.717) is 22.4 Å². The second kappa shape index (κ2) is 9.16. The van der Waals surface area contributed by atoms with Crippen LogP contribution in [0.1, 0.15) is 44.6 Å². The van der Waals surface area contributed by atoms with E-state index in [1.165, 1.54) is 31.4 Å². The second-order valence-electron chi connectivity index (χ2n) is 5.83. The first kappa shape index (κ1) is 21.1. The van der Waals surface area contributed by atoms with Crippen LogP contribution in [0.25, 0.3) is 6.08 Å². The van der Waals surface area contributed by atoms with E-state index in [-0.39, 0.29) is 29.6 Å². The molecule has 0 saturated carbocycles. The van der Waals surface area contributed by atoms with Crippen molar-refractivity contribution in [3.05, 3.63) is 52.4 Å². The molecule has 0 atom stereocenters. The van der Waals surface area contributed by atoms with Gasteiger partial charge in [0.2, 0.25) is 0 Å². The monoisotopic (exact) mass is 393 g/mol. The summed E-state index contributed by atoms with van der Waals surface area (Å²) in [4.78, 5) is 27.4. The topological polar surface area (TPSA) is 77.6 Å². The molecule has 1 aromatic heterocycles. The average molecular weight is 393 g/mol. The Balaban J connectivity index is 2.28. The molecule has 2 rings (SSSR count). The molecule has 8 heteroatoms. The number of rotatable bonds is 8. The Labute approximate surface area is 161 Å². The summed E-state index contributed by atoms with van der Waals surface area (Å²) in [6.45, 7) is 2.25. The molecule has 2 aromatic rings. The zero-order valence-electron chi connectivity index (χ0n) is 16.0. The molecule has 0 fully saturated rings. The van der Waals surface area contributed by atoms with Gasteiger partial charge in [-0.3, -0.25) is 4.79 Å². The van der Waals surface area contributed by atoms with Crippen LogP contribution in [0.2, 0.25) is 0 Å². The molecule has 0 aliphatic rings. The van der Waals surface area contributed by atoms with E-state index in [9.17, 15) is 18.4 Å². The molecular formula is C20H21F2NO5. The molecule has 0 saturated heterocycles. The van der Waals surface area contributed by atoms with Crippen molar-refractivity contribution in [1.82, 2.24) is 4.98 Å². The summed E-state index contributed by atoms with van der Waals surface area (Å²) in [6, 6.07) is 4.41. The van der Waals surface area contributed by atoms with Gasteiger partial charge in [-0.1, -0.05) is 12.1 Å². The number of aryl methyl sites for hydroxylation is 1. The van der Waals surface area contributed by atoms with Crippen molar-refractivity contribution in [1.29, 1.82) is 0 Å². The van der Waals surface area contributed by atoms with Gasteiger partial charge in [0.05, 0.1) is 13.7 Å². The van der Waals surface area contributed by atoms with Crippen LogP contribution in [0, 0.1) is 13.8 Å². The number of allylic oxidation sites excluding steroid dienone is 1. The highest BCUT2D eigenvalue weighted by molar-refractivity contribution is 6.10. The summed E-state index contributed by atoms with van der Waals surface area (Å²) in [6.07, 6.45) is 2.77. The zero-order valence-corrected chi connectivity index (χ0v) is 16.0. The minimum absolute atomic E-state index is 0.134. The number of benzene rings is 1. The fraction of sp³-hybridized carbons (Fsp3) is 0.300. The number of halogens is 2. The number of hydrogen-bond acceptors (Lipinski definition) is 5. The lowest BCUT2D eigenvalue weighted by molar-refractivity contribution is -0.0512. The molecular weight excluding hydrogens is 372 g/mol. The molecule has 0 aliphatic heterocycles. The summed E-state index contributed by atoms with van der Waals surface area (Å²) in [5.41, 5.74) is 2.08. The maximum absolute atomic E-state index is 12.6. The van der Waals surface area contributed by atoms with Gasteiger partial charge in [-0.15, -0.1) is 0 Å². The van der Waals surface area contributed by atoms with Crippen LogP contribution in [-0.2, 0) is 4.74 Å². The fourth-order valence-corrected chi connectivity index (χ4v) is 2.77. The van der Waals surface area contributed by atoms with Crippen LogP contribution in [0.15, 0.2) is 24.3 Å². The highest BCUT2D eigenvalue weighted by Crippen LogP contribution is 2.30. The Morgan fingerprint density at radius 1 is 1.21 bits per heavy atom. The molecule has 0 radical (unpaired) electrons. The van der Waals surface area contributed by atoms with Crippen molar-refractivity contribution in [2.24, 2.45) is 0 Å². The molecule has 6 nitrogen and oxygen atoms in total. The van der Waals surface area contributed by atoms with Crippen LogP contribution in [0.5, 0.6) is 11.5 Å². The van der Waals surface area contributed by atoms with Crippen molar-refractivity contribution in [3.63, 3.8) is 0 Å². The van der Waals surface area contributed by atoms with Crippen molar-refractivity contribution in [2.75, 3.05) is 13.7 Å². The van der Waals surface area contributed by atoms with Crippen molar-refractivity contribution < 1.29 is 32.6 Å². The number of ether oxygens (including phenoxy) is 3. The lowest BCUT2D eigenvalue weighted by Crippen LogP contribution is -2.07. The average Bonchev–Trinajstić information content (AvgIpc) is 2.94. The zero-order chi connectivity index (χ0) is 20.8. The van der Waals surface area contributed by atoms with Crippen LogP contribution in [-0.4, -0.2) is 37.1 Å². The molecule has 0 amide bonds. The summed E-state index contributed by atoms with van der Waals surface area (Å²) in [7, 11) is 1.34. The van der Waals surface area contributed by atoms with E-state index in [1.54, 1.807) is 26.8 Å². The smallest absolute Gasteiger partial charge is 0.387 e. The Bertz CT molecular complexity index is 902. The first-order valence-electron chi connectivity index (χ1n) is 8.50. The third-order valence-corrected chi connectivity index (χ3v) is 3.99. The minimum atomic E-state index is -3.00. The molecule has 1 N–H and O–H groups in total. The number of ketones is 1. The third kappa shape index (κ3) is 4.76. The van der Waals surface area contributed by atoms with Gasteiger partial charge >= 0.3 is 12.6 Å². The Morgan fingerprint density at radius 3 is 2.54 bits per heavy atom. The Hall–Kier alpha value is -3.16. The number of carbonyl (C=O) groups excluding carboxylic acids is 2. The fourth-order valence-electron chi connectivity index (χ4n) is 2.77.